The van der Waals surface area contributed by atoms with Gasteiger partial charge in [-0.25, -0.2) is 0 Å². The maximum Gasteiger partial charge on any atom is 0.269 e. The molecule has 0 saturated carbocycles. The summed E-state index contributed by atoms with van der Waals surface area (Å²) in [7, 11) is 3.01. The highest BCUT2D eigenvalue weighted by Crippen LogP contribution is 2.33. The number of non-ortho nitro benzene ring substituents is 1. The summed E-state index contributed by atoms with van der Waals surface area (Å²) in [5.74, 6) is 1.00. The fourth-order valence-corrected chi connectivity index (χ4v) is 2.48. The van der Waals surface area contributed by atoms with Crippen molar-refractivity contribution in [2.45, 2.75) is 0 Å². The van der Waals surface area contributed by atoms with Crippen molar-refractivity contribution in [2.75, 3.05) is 14.2 Å². The maximum atomic E-state index is 12.1. The summed E-state index contributed by atoms with van der Waals surface area (Å²) >= 11 is 0. The number of methoxy groups -OCH3 is 1. The zero-order valence-electron chi connectivity index (χ0n) is 14.1. The molecule has 26 heavy (non-hydrogen) atoms. The van der Waals surface area contributed by atoms with Crippen molar-refractivity contribution >= 4 is 22.5 Å². The largest absolute Gasteiger partial charge is 0.496 e. The van der Waals surface area contributed by atoms with Crippen LogP contribution < -0.4 is 14.8 Å². The van der Waals surface area contributed by atoms with Crippen LogP contribution in [0.15, 0.2) is 48.7 Å². The van der Waals surface area contributed by atoms with Crippen LogP contribution in [0.4, 0.5) is 5.69 Å². The van der Waals surface area contributed by atoms with Gasteiger partial charge in [0.1, 0.15) is 17.2 Å². The molecule has 1 aromatic heterocycles. The summed E-state index contributed by atoms with van der Waals surface area (Å²) in [6.45, 7) is 0. The molecule has 3 aromatic rings. The molecule has 1 amide bonds. The number of nitro groups is 1. The highest BCUT2D eigenvalue weighted by molar-refractivity contribution is 6.02. The standard InChI is InChI=1S/C18H15N3O5/c1-19-18(22)14-9-13-15(10-17(14)25-2)20-8-7-16(13)26-12-5-3-11(4-6-12)21(23)24/h3-10H,1-2H3,(H,19,22). The monoisotopic (exact) mass is 353 g/mol. The molecule has 0 aliphatic rings. The van der Waals surface area contributed by atoms with Crippen LogP contribution in [-0.2, 0) is 0 Å². The third kappa shape index (κ3) is 3.25. The van der Waals surface area contributed by atoms with Gasteiger partial charge in [0, 0.05) is 36.8 Å². The van der Waals surface area contributed by atoms with Crippen LogP contribution in [0.25, 0.3) is 10.9 Å². The van der Waals surface area contributed by atoms with E-state index in [1.165, 1.54) is 38.4 Å². The zero-order chi connectivity index (χ0) is 18.7. The van der Waals surface area contributed by atoms with Crippen LogP contribution in [0, 0.1) is 10.1 Å². The molecule has 0 aliphatic heterocycles. The zero-order valence-corrected chi connectivity index (χ0v) is 14.1. The Bertz CT molecular complexity index is 986. The summed E-state index contributed by atoms with van der Waals surface area (Å²) in [5.41, 5.74) is 0.918. The number of nitro benzene ring substituents is 1. The number of pyridine rings is 1. The van der Waals surface area contributed by atoms with Gasteiger partial charge in [-0.1, -0.05) is 0 Å². The maximum absolute atomic E-state index is 12.1. The first-order chi connectivity index (χ1) is 12.5. The third-order valence-corrected chi connectivity index (χ3v) is 3.77. The molecule has 8 heteroatoms. The van der Waals surface area contributed by atoms with Crippen LogP contribution >= 0.6 is 0 Å². The first-order valence-electron chi connectivity index (χ1n) is 7.64. The number of rotatable bonds is 5. The summed E-state index contributed by atoms with van der Waals surface area (Å²) < 4.78 is 11.1. The number of aromatic nitrogens is 1. The second-order valence-corrected chi connectivity index (χ2v) is 5.31. The Morgan fingerprint density at radius 1 is 1.15 bits per heavy atom. The molecule has 3 rings (SSSR count). The molecule has 0 unspecified atom stereocenters. The van der Waals surface area contributed by atoms with Crippen molar-refractivity contribution in [2.24, 2.45) is 0 Å². The topological polar surface area (TPSA) is 104 Å². The van der Waals surface area contributed by atoms with E-state index in [4.69, 9.17) is 9.47 Å². The normalized spacial score (nSPS) is 10.4. The van der Waals surface area contributed by atoms with Crippen LogP contribution in [-0.4, -0.2) is 30.0 Å². The van der Waals surface area contributed by atoms with E-state index in [0.29, 0.717) is 33.7 Å². The van der Waals surface area contributed by atoms with Gasteiger partial charge in [0.25, 0.3) is 11.6 Å². The van der Waals surface area contributed by atoms with E-state index in [9.17, 15) is 14.9 Å². The molecule has 0 radical (unpaired) electrons. The Hall–Kier alpha value is -3.68. The highest BCUT2D eigenvalue weighted by Gasteiger charge is 2.15. The molecular formula is C18H15N3O5. The van der Waals surface area contributed by atoms with Gasteiger partial charge in [-0.2, -0.15) is 0 Å². The summed E-state index contributed by atoms with van der Waals surface area (Å²) in [6, 6.07) is 10.7. The van der Waals surface area contributed by atoms with Crippen LogP contribution in [0.1, 0.15) is 10.4 Å². The van der Waals surface area contributed by atoms with E-state index in [2.05, 4.69) is 10.3 Å². The Kier molecular flexibility index (Phi) is 4.66. The molecule has 1 N–H and O–H groups in total. The predicted molar refractivity (Wildman–Crippen MR) is 94.9 cm³/mol. The summed E-state index contributed by atoms with van der Waals surface area (Å²) in [6.07, 6.45) is 1.57. The lowest BCUT2D eigenvalue weighted by Crippen LogP contribution is -2.18. The lowest BCUT2D eigenvalue weighted by Gasteiger charge is -2.12. The minimum atomic E-state index is -0.479. The summed E-state index contributed by atoms with van der Waals surface area (Å²) in [4.78, 5) is 26.6. The lowest BCUT2D eigenvalue weighted by atomic mass is 10.1. The summed E-state index contributed by atoms with van der Waals surface area (Å²) in [5, 5.41) is 13.9. The van der Waals surface area contributed by atoms with Gasteiger partial charge in [0.2, 0.25) is 0 Å². The highest BCUT2D eigenvalue weighted by atomic mass is 16.6. The molecular weight excluding hydrogens is 338 g/mol. The smallest absolute Gasteiger partial charge is 0.269 e. The number of hydrogen-bond donors (Lipinski definition) is 1. The van der Waals surface area contributed by atoms with Gasteiger partial charge >= 0.3 is 0 Å². The number of nitrogens with zero attached hydrogens (tertiary/aromatic N) is 2. The number of carbonyl (C=O) groups excluding carboxylic acids is 1. The van der Waals surface area contributed by atoms with Gasteiger partial charge in [0.15, 0.2) is 0 Å². The van der Waals surface area contributed by atoms with E-state index in [1.807, 2.05) is 0 Å². The number of carbonyl (C=O) groups is 1. The van der Waals surface area contributed by atoms with Gasteiger partial charge in [-0.05, 0) is 24.3 Å². The molecule has 0 saturated heterocycles. The van der Waals surface area contributed by atoms with Crippen molar-refractivity contribution in [3.8, 4) is 17.2 Å². The Labute approximate surface area is 148 Å². The van der Waals surface area contributed by atoms with Crippen molar-refractivity contribution < 1.29 is 19.2 Å². The number of hydrogen-bond acceptors (Lipinski definition) is 6. The second-order valence-electron chi connectivity index (χ2n) is 5.31. The van der Waals surface area contributed by atoms with Crippen LogP contribution in [0.3, 0.4) is 0 Å². The molecule has 0 bridgehead atoms. The fourth-order valence-electron chi connectivity index (χ4n) is 2.48. The number of ether oxygens (including phenoxy) is 2. The number of benzene rings is 2. The molecule has 0 aliphatic carbocycles. The van der Waals surface area contributed by atoms with Crippen molar-refractivity contribution in [3.63, 3.8) is 0 Å². The van der Waals surface area contributed by atoms with Gasteiger partial charge < -0.3 is 14.8 Å². The second kappa shape index (κ2) is 7.06. The molecule has 2 aromatic carbocycles. The van der Waals surface area contributed by atoms with E-state index < -0.39 is 4.92 Å². The Morgan fingerprint density at radius 2 is 1.88 bits per heavy atom. The van der Waals surface area contributed by atoms with Crippen LogP contribution in [0.2, 0.25) is 0 Å². The number of fused-ring (bicyclic) bond motifs is 1. The van der Waals surface area contributed by atoms with Crippen LogP contribution in [0.5, 0.6) is 17.2 Å². The SMILES string of the molecule is CNC(=O)c1cc2c(Oc3ccc([N+](=O)[O-])cc3)ccnc2cc1OC. The van der Waals surface area contributed by atoms with Gasteiger partial charge in [-0.3, -0.25) is 19.9 Å². The number of amides is 1. The molecule has 0 atom stereocenters. The Morgan fingerprint density at radius 3 is 2.50 bits per heavy atom. The van der Waals surface area contributed by atoms with E-state index in [-0.39, 0.29) is 11.6 Å². The third-order valence-electron chi connectivity index (χ3n) is 3.77. The van der Waals surface area contributed by atoms with Gasteiger partial charge in [0.05, 0.1) is 23.1 Å². The molecule has 8 nitrogen and oxygen atoms in total. The molecule has 1 heterocycles. The minimum Gasteiger partial charge on any atom is -0.496 e. The van der Waals surface area contributed by atoms with E-state index in [1.54, 1.807) is 24.4 Å². The van der Waals surface area contributed by atoms with Gasteiger partial charge in [-0.15, -0.1) is 0 Å². The first kappa shape index (κ1) is 17.2. The van der Waals surface area contributed by atoms with E-state index >= 15 is 0 Å². The molecule has 0 spiro atoms. The van der Waals surface area contributed by atoms with Crippen molar-refractivity contribution in [3.05, 3.63) is 64.3 Å². The fraction of sp³-hybridized carbons (Fsp3) is 0.111. The molecule has 0 fully saturated rings. The quantitative estimate of drug-likeness (QED) is 0.557. The minimum absolute atomic E-state index is 0.0245. The van der Waals surface area contributed by atoms with Crippen molar-refractivity contribution in [1.82, 2.24) is 10.3 Å². The number of nitrogens with one attached hydrogen (secondary N) is 1. The van der Waals surface area contributed by atoms with Crippen molar-refractivity contribution in [1.29, 1.82) is 0 Å². The Balaban J connectivity index is 2.05. The average Bonchev–Trinajstić information content (AvgIpc) is 2.67. The lowest BCUT2D eigenvalue weighted by molar-refractivity contribution is -0.384. The first-order valence-corrected chi connectivity index (χ1v) is 7.64. The molecule has 132 valence electrons. The van der Waals surface area contributed by atoms with E-state index in [0.717, 1.165) is 0 Å². The average molecular weight is 353 g/mol. The predicted octanol–water partition coefficient (Wildman–Crippen LogP) is 3.30.